The lowest BCUT2D eigenvalue weighted by molar-refractivity contribution is -0.132. The van der Waals surface area contributed by atoms with E-state index in [-0.39, 0.29) is 17.7 Å². The molecule has 0 spiro atoms. The summed E-state index contributed by atoms with van der Waals surface area (Å²) in [6, 6.07) is 3.74. The van der Waals surface area contributed by atoms with E-state index in [4.69, 9.17) is 9.47 Å². The van der Waals surface area contributed by atoms with Crippen LogP contribution < -0.4 is 14.8 Å². The molecule has 0 bridgehead atoms. The largest absolute Gasteiger partial charge is 0.449 e. The van der Waals surface area contributed by atoms with Gasteiger partial charge in [-0.3, -0.25) is 9.59 Å². The van der Waals surface area contributed by atoms with Crippen molar-refractivity contribution in [1.29, 1.82) is 0 Å². The molecular formula is C19H23BrN2O4. The lowest BCUT2D eigenvalue weighted by Crippen LogP contribution is -2.44. The molecule has 6 nitrogen and oxygen atoms in total. The van der Waals surface area contributed by atoms with Crippen molar-refractivity contribution in [1.82, 2.24) is 10.2 Å². The number of amides is 2. The summed E-state index contributed by atoms with van der Waals surface area (Å²) in [6.07, 6.45) is 2.90. The molecule has 7 heteroatoms. The molecule has 2 amide bonds. The average molecular weight is 423 g/mol. The van der Waals surface area contributed by atoms with Crippen molar-refractivity contribution in [2.45, 2.75) is 39.0 Å². The van der Waals surface area contributed by atoms with Gasteiger partial charge in [0.05, 0.1) is 5.92 Å². The number of rotatable bonds is 4. The number of nitrogens with zero attached hydrogens (tertiary/aromatic N) is 1. The van der Waals surface area contributed by atoms with Gasteiger partial charge in [-0.15, -0.1) is 0 Å². The van der Waals surface area contributed by atoms with Crippen LogP contribution >= 0.6 is 15.9 Å². The molecule has 1 saturated heterocycles. The predicted octanol–water partition coefficient (Wildman–Crippen LogP) is 3.00. The van der Waals surface area contributed by atoms with Crippen molar-refractivity contribution in [2.24, 2.45) is 5.92 Å². The summed E-state index contributed by atoms with van der Waals surface area (Å²) in [5.74, 6) is 0.303. The molecule has 1 fully saturated rings. The van der Waals surface area contributed by atoms with Crippen LogP contribution in [-0.2, 0) is 16.1 Å². The van der Waals surface area contributed by atoms with Gasteiger partial charge in [0.2, 0.25) is 17.6 Å². The van der Waals surface area contributed by atoms with Crippen LogP contribution in [0.25, 0.3) is 0 Å². The zero-order valence-electron chi connectivity index (χ0n) is 15.0. The van der Waals surface area contributed by atoms with E-state index in [2.05, 4.69) is 27.8 Å². The summed E-state index contributed by atoms with van der Waals surface area (Å²) >= 11 is 3.52. The van der Waals surface area contributed by atoms with Crippen LogP contribution in [0.15, 0.2) is 29.3 Å². The lowest BCUT2D eigenvalue weighted by atomic mass is 9.97. The summed E-state index contributed by atoms with van der Waals surface area (Å²) in [5, 5.41) is 2.97. The first-order valence-electron chi connectivity index (χ1n) is 8.68. The molecule has 2 aliphatic rings. The minimum Gasteiger partial charge on any atom is -0.449 e. The van der Waals surface area contributed by atoms with Gasteiger partial charge in [-0.2, -0.15) is 0 Å². The van der Waals surface area contributed by atoms with Gasteiger partial charge in [-0.1, -0.05) is 22.5 Å². The molecule has 2 aliphatic heterocycles. The second kappa shape index (κ2) is 7.31. The Morgan fingerprint density at radius 1 is 1.38 bits per heavy atom. The monoisotopic (exact) mass is 422 g/mol. The number of hydrogen-bond donors (Lipinski definition) is 1. The van der Waals surface area contributed by atoms with Crippen LogP contribution in [0.5, 0.6) is 11.5 Å². The normalized spacial score (nSPS) is 20.6. The second-order valence-electron chi connectivity index (χ2n) is 7.04. The van der Waals surface area contributed by atoms with Gasteiger partial charge >= 0.3 is 0 Å². The van der Waals surface area contributed by atoms with Crippen LogP contribution in [0, 0.1) is 5.92 Å². The van der Waals surface area contributed by atoms with E-state index < -0.39 is 5.79 Å². The average Bonchev–Trinajstić information content (AvgIpc) is 2.91. The van der Waals surface area contributed by atoms with Crippen molar-refractivity contribution < 1.29 is 19.1 Å². The maximum absolute atomic E-state index is 12.5. The predicted molar refractivity (Wildman–Crippen MR) is 101 cm³/mol. The molecule has 0 saturated carbocycles. The third-order valence-corrected chi connectivity index (χ3v) is 5.29. The number of halogens is 1. The zero-order chi connectivity index (χ0) is 18.9. The van der Waals surface area contributed by atoms with Gasteiger partial charge < -0.3 is 19.7 Å². The van der Waals surface area contributed by atoms with E-state index in [1.165, 1.54) is 6.08 Å². The Kier molecular flexibility index (Phi) is 5.27. The van der Waals surface area contributed by atoms with Crippen molar-refractivity contribution in [3.8, 4) is 11.5 Å². The van der Waals surface area contributed by atoms with Crippen LogP contribution in [0.1, 0.15) is 32.3 Å². The first kappa shape index (κ1) is 18.8. The number of piperidine rings is 1. The summed E-state index contributed by atoms with van der Waals surface area (Å²) in [4.78, 5) is 26.0. The fraction of sp³-hybridized carbons (Fsp3) is 0.474. The first-order chi connectivity index (χ1) is 12.3. The summed E-state index contributed by atoms with van der Waals surface area (Å²) in [5.41, 5.74) is 0.910. The number of nitrogens with one attached hydrogen (secondary N) is 1. The topological polar surface area (TPSA) is 67.9 Å². The molecular weight excluding hydrogens is 400 g/mol. The van der Waals surface area contributed by atoms with Crippen LogP contribution in [0.4, 0.5) is 0 Å². The smallest absolute Gasteiger partial charge is 0.246 e. The van der Waals surface area contributed by atoms with Crippen molar-refractivity contribution in [3.63, 3.8) is 0 Å². The van der Waals surface area contributed by atoms with E-state index in [1.807, 2.05) is 26.0 Å². The van der Waals surface area contributed by atoms with Gasteiger partial charge in [0, 0.05) is 38.0 Å². The number of carbonyl (C=O) groups is 2. The van der Waals surface area contributed by atoms with E-state index >= 15 is 0 Å². The Labute approximate surface area is 161 Å². The van der Waals surface area contributed by atoms with Gasteiger partial charge in [0.25, 0.3) is 0 Å². The molecule has 0 radical (unpaired) electrons. The number of carbonyl (C=O) groups excluding carboxylic acids is 2. The second-order valence-corrected chi connectivity index (χ2v) is 7.89. The lowest BCUT2D eigenvalue weighted by Gasteiger charge is -2.31. The molecule has 2 heterocycles. The quantitative estimate of drug-likeness (QED) is 0.757. The molecule has 1 N–H and O–H groups in total. The number of likely N-dealkylation sites (tertiary alicyclic amines) is 1. The summed E-state index contributed by atoms with van der Waals surface area (Å²) in [6.45, 7) is 8.70. The minimum atomic E-state index is -0.688. The van der Waals surface area contributed by atoms with Crippen molar-refractivity contribution in [2.75, 3.05) is 13.1 Å². The molecule has 1 aromatic carbocycles. The number of fused-ring (bicyclic) bond motifs is 1. The summed E-state index contributed by atoms with van der Waals surface area (Å²) < 4.78 is 12.3. The van der Waals surface area contributed by atoms with Crippen molar-refractivity contribution in [3.05, 3.63) is 34.8 Å². The molecule has 1 aromatic rings. The molecule has 140 valence electrons. The van der Waals surface area contributed by atoms with Crippen LogP contribution in [0.3, 0.4) is 0 Å². The Morgan fingerprint density at radius 2 is 2.08 bits per heavy atom. The number of ether oxygens (including phenoxy) is 2. The highest BCUT2D eigenvalue weighted by Gasteiger charge is 2.32. The van der Waals surface area contributed by atoms with E-state index in [0.717, 1.165) is 22.9 Å². The van der Waals surface area contributed by atoms with Crippen LogP contribution in [-0.4, -0.2) is 35.6 Å². The molecule has 1 unspecified atom stereocenters. The van der Waals surface area contributed by atoms with Gasteiger partial charge in [0.1, 0.15) is 0 Å². The first-order valence-corrected chi connectivity index (χ1v) is 9.48. The Hall–Kier alpha value is -2.02. The van der Waals surface area contributed by atoms with Crippen molar-refractivity contribution >= 4 is 27.7 Å². The highest BCUT2D eigenvalue weighted by Crippen LogP contribution is 2.42. The molecule has 3 rings (SSSR count). The SMILES string of the molecule is C=CC(=O)N1CCCC(C(=O)NCc2cc3c(cc2Br)OC(C)(C)O3)C1. The highest BCUT2D eigenvalue weighted by atomic mass is 79.9. The fourth-order valence-corrected chi connectivity index (χ4v) is 3.73. The molecule has 1 atom stereocenters. The Bertz CT molecular complexity index is 747. The Morgan fingerprint density at radius 3 is 2.77 bits per heavy atom. The third kappa shape index (κ3) is 4.03. The molecule has 0 aliphatic carbocycles. The molecule has 0 aromatic heterocycles. The maximum atomic E-state index is 12.5. The minimum absolute atomic E-state index is 0.0449. The standard InChI is InChI=1S/C19H23BrN2O4/c1-4-17(23)22-7-5-6-12(11-22)18(24)21-10-13-8-15-16(9-14(13)20)26-19(2,3)25-15/h4,8-9,12H,1,5-7,10-11H2,2-3H3,(H,21,24). The third-order valence-electron chi connectivity index (χ3n) is 4.56. The van der Waals surface area contributed by atoms with Gasteiger partial charge in [-0.05, 0) is 36.6 Å². The zero-order valence-corrected chi connectivity index (χ0v) is 16.6. The van der Waals surface area contributed by atoms with Gasteiger partial charge in [0.15, 0.2) is 11.5 Å². The number of benzene rings is 1. The molecule has 26 heavy (non-hydrogen) atoms. The summed E-state index contributed by atoms with van der Waals surface area (Å²) in [7, 11) is 0. The van der Waals surface area contributed by atoms with E-state index in [9.17, 15) is 9.59 Å². The van der Waals surface area contributed by atoms with Gasteiger partial charge in [-0.25, -0.2) is 0 Å². The number of hydrogen-bond acceptors (Lipinski definition) is 4. The van der Waals surface area contributed by atoms with E-state index in [0.29, 0.717) is 31.1 Å². The van der Waals surface area contributed by atoms with Crippen LogP contribution in [0.2, 0.25) is 0 Å². The fourth-order valence-electron chi connectivity index (χ4n) is 3.27. The highest BCUT2D eigenvalue weighted by molar-refractivity contribution is 9.10. The Balaban J connectivity index is 1.62. The van der Waals surface area contributed by atoms with E-state index in [1.54, 1.807) is 4.90 Å². The maximum Gasteiger partial charge on any atom is 0.246 e.